The number of fused-ring (bicyclic) bond motifs is 1. The summed E-state index contributed by atoms with van der Waals surface area (Å²) in [5, 5.41) is 13.3. The number of aromatic nitrogens is 2. The van der Waals surface area contributed by atoms with E-state index in [1.165, 1.54) is 23.9 Å². The summed E-state index contributed by atoms with van der Waals surface area (Å²) in [6.45, 7) is 3.45. The largest absolute Gasteiger partial charge is 0.445 e. The predicted octanol–water partition coefficient (Wildman–Crippen LogP) is 3.26. The molecule has 1 amide bonds. The highest BCUT2D eigenvalue weighted by Crippen LogP contribution is 2.28. The van der Waals surface area contributed by atoms with E-state index in [0.29, 0.717) is 5.90 Å². The van der Waals surface area contributed by atoms with Crippen LogP contribution in [0.2, 0.25) is 0 Å². The van der Waals surface area contributed by atoms with Gasteiger partial charge < -0.3 is 4.74 Å². The van der Waals surface area contributed by atoms with Crippen LogP contribution in [0.25, 0.3) is 6.08 Å². The molecular formula is C20H22N4O2. The molecule has 2 aliphatic rings. The Bertz CT molecular complexity index is 882. The van der Waals surface area contributed by atoms with E-state index in [1.54, 1.807) is 0 Å². The van der Waals surface area contributed by atoms with Crippen LogP contribution in [-0.4, -0.2) is 33.2 Å². The Balaban J connectivity index is 1.64. The Morgan fingerprint density at radius 3 is 2.77 bits per heavy atom. The fourth-order valence-electron chi connectivity index (χ4n) is 3.50. The summed E-state index contributed by atoms with van der Waals surface area (Å²) in [5.41, 5.74) is 5.04. The molecule has 1 aliphatic carbocycles. The zero-order chi connectivity index (χ0) is 18.1. The smallest absolute Gasteiger partial charge is 0.262 e. The molecule has 1 aromatic carbocycles. The lowest BCUT2D eigenvalue weighted by molar-refractivity contribution is -0.133. The maximum atomic E-state index is 12.1. The van der Waals surface area contributed by atoms with Gasteiger partial charge in [0.15, 0.2) is 5.69 Å². The van der Waals surface area contributed by atoms with Crippen LogP contribution in [0.1, 0.15) is 49.2 Å². The minimum Gasteiger partial charge on any atom is -0.445 e. The van der Waals surface area contributed by atoms with Gasteiger partial charge in [-0.25, -0.2) is 0 Å². The number of nitrogens with zero attached hydrogens (tertiary/aromatic N) is 3. The third kappa shape index (κ3) is 3.03. The quantitative estimate of drug-likeness (QED) is 0.924. The van der Waals surface area contributed by atoms with Gasteiger partial charge in [0.25, 0.3) is 5.90 Å². The predicted molar refractivity (Wildman–Crippen MR) is 99.3 cm³/mol. The van der Waals surface area contributed by atoms with E-state index < -0.39 is 6.23 Å². The highest BCUT2D eigenvalue weighted by atomic mass is 16.5. The van der Waals surface area contributed by atoms with Gasteiger partial charge in [-0.05, 0) is 43.7 Å². The van der Waals surface area contributed by atoms with Crippen LogP contribution < -0.4 is 0 Å². The van der Waals surface area contributed by atoms with Gasteiger partial charge in [0.1, 0.15) is 0 Å². The van der Waals surface area contributed by atoms with Crippen molar-refractivity contribution in [1.29, 1.82) is 0 Å². The SMILES string of the molecule is CC(=O)N1N=C(c2n[nH]c3c2CCCC3)O[C@@H]1/C(C)=C/c1ccccc1. The zero-order valence-electron chi connectivity index (χ0n) is 15.0. The number of amides is 1. The molecule has 134 valence electrons. The van der Waals surface area contributed by atoms with E-state index in [2.05, 4.69) is 15.3 Å². The van der Waals surface area contributed by atoms with Crippen molar-refractivity contribution in [3.8, 4) is 0 Å². The molecule has 0 saturated carbocycles. The number of H-pyrrole nitrogens is 1. The monoisotopic (exact) mass is 350 g/mol. The minimum atomic E-state index is -0.543. The van der Waals surface area contributed by atoms with Crippen LogP contribution in [0.15, 0.2) is 41.0 Å². The van der Waals surface area contributed by atoms with Crippen LogP contribution in [-0.2, 0) is 22.4 Å². The molecule has 1 aliphatic heterocycles. The summed E-state index contributed by atoms with van der Waals surface area (Å²) >= 11 is 0. The number of hydrogen-bond donors (Lipinski definition) is 1. The second kappa shape index (κ2) is 6.78. The average molecular weight is 350 g/mol. The molecule has 0 fully saturated rings. The molecule has 2 aromatic rings. The maximum Gasteiger partial charge on any atom is 0.262 e. The summed E-state index contributed by atoms with van der Waals surface area (Å²) in [5.74, 6) is 0.264. The average Bonchev–Trinajstić information content (AvgIpc) is 3.27. The first kappa shape index (κ1) is 16.6. The summed E-state index contributed by atoms with van der Waals surface area (Å²) in [7, 11) is 0. The third-order valence-electron chi connectivity index (χ3n) is 4.81. The van der Waals surface area contributed by atoms with Crippen LogP contribution in [0.3, 0.4) is 0 Å². The van der Waals surface area contributed by atoms with Gasteiger partial charge in [-0.1, -0.05) is 36.4 Å². The number of hydrogen-bond acceptors (Lipinski definition) is 4. The van der Waals surface area contributed by atoms with Crippen molar-refractivity contribution in [3.63, 3.8) is 0 Å². The minimum absolute atomic E-state index is 0.157. The van der Waals surface area contributed by atoms with Crippen LogP contribution in [0.4, 0.5) is 0 Å². The molecule has 0 radical (unpaired) electrons. The molecule has 6 nitrogen and oxygen atoms in total. The maximum absolute atomic E-state index is 12.1. The number of rotatable bonds is 3. The van der Waals surface area contributed by atoms with Crippen molar-refractivity contribution in [2.75, 3.05) is 0 Å². The Morgan fingerprint density at radius 2 is 2.00 bits per heavy atom. The second-order valence-electron chi connectivity index (χ2n) is 6.77. The van der Waals surface area contributed by atoms with Gasteiger partial charge in [0.05, 0.1) is 0 Å². The van der Waals surface area contributed by atoms with E-state index in [4.69, 9.17) is 4.74 Å². The van der Waals surface area contributed by atoms with Crippen molar-refractivity contribution in [2.24, 2.45) is 5.10 Å². The highest BCUT2D eigenvalue weighted by molar-refractivity contribution is 5.96. The molecule has 4 rings (SSSR count). The number of hydrazone groups is 1. The molecule has 1 aromatic heterocycles. The van der Waals surface area contributed by atoms with Crippen molar-refractivity contribution in [3.05, 3.63) is 58.4 Å². The fraction of sp³-hybridized carbons (Fsp3) is 0.350. The Morgan fingerprint density at radius 1 is 1.23 bits per heavy atom. The normalized spacial score (nSPS) is 19.8. The molecule has 0 spiro atoms. The standard InChI is InChI=1S/C20H22N4O2/c1-13(12-15-8-4-3-5-9-15)20-24(14(2)25)23-19(26-20)18-16-10-6-7-11-17(16)21-22-18/h3-5,8-9,12,20H,6-7,10-11H2,1-2H3,(H,21,22)/b13-12+/t20-/m1/s1. The number of ether oxygens (including phenoxy) is 1. The second-order valence-corrected chi connectivity index (χ2v) is 6.77. The number of carbonyl (C=O) groups excluding carboxylic acids is 1. The van der Waals surface area contributed by atoms with E-state index in [1.807, 2.05) is 43.3 Å². The summed E-state index contributed by atoms with van der Waals surface area (Å²) in [6, 6.07) is 9.97. The topological polar surface area (TPSA) is 70.6 Å². The number of aryl methyl sites for hydroxylation is 1. The molecule has 1 atom stereocenters. The van der Waals surface area contributed by atoms with E-state index in [-0.39, 0.29) is 5.91 Å². The first-order valence-electron chi connectivity index (χ1n) is 8.98. The zero-order valence-corrected chi connectivity index (χ0v) is 15.0. The lowest BCUT2D eigenvalue weighted by Gasteiger charge is -2.19. The van der Waals surface area contributed by atoms with Crippen LogP contribution in [0.5, 0.6) is 0 Å². The summed E-state index contributed by atoms with van der Waals surface area (Å²) in [6.07, 6.45) is 5.75. The Kier molecular flexibility index (Phi) is 4.32. The van der Waals surface area contributed by atoms with Gasteiger partial charge in [-0.3, -0.25) is 9.89 Å². The van der Waals surface area contributed by atoms with Crippen molar-refractivity contribution in [2.45, 2.75) is 45.8 Å². The van der Waals surface area contributed by atoms with E-state index >= 15 is 0 Å². The van der Waals surface area contributed by atoms with Crippen molar-refractivity contribution in [1.82, 2.24) is 15.2 Å². The molecule has 1 N–H and O–H groups in total. The number of nitrogens with one attached hydrogen (secondary N) is 1. The number of benzene rings is 1. The Labute approximate surface area is 152 Å². The molecule has 26 heavy (non-hydrogen) atoms. The molecule has 0 bridgehead atoms. The Hall–Kier alpha value is -2.89. The number of carbonyl (C=O) groups is 1. The summed E-state index contributed by atoms with van der Waals surface area (Å²) in [4.78, 5) is 12.1. The van der Waals surface area contributed by atoms with Crippen LogP contribution >= 0.6 is 0 Å². The molecular weight excluding hydrogens is 328 g/mol. The molecule has 6 heteroatoms. The van der Waals surface area contributed by atoms with E-state index in [9.17, 15) is 4.79 Å². The lowest BCUT2D eigenvalue weighted by atomic mass is 9.96. The van der Waals surface area contributed by atoms with E-state index in [0.717, 1.165) is 41.8 Å². The third-order valence-corrected chi connectivity index (χ3v) is 4.81. The lowest BCUT2D eigenvalue weighted by Crippen LogP contribution is -2.33. The first-order chi connectivity index (χ1) is 12.6. The first-order valence-corrected chi connectivity index (χ1v) is 8.98. The molecule has 0 unspecified atom stereocenters. The van der Waals surface area contributed by atoms with Gasteiger partial charge >= 0.3 is 0 Å². The van der Waals surface area contributed by atoms with Crippen LogP contribution in [0, 0.1) is 0 Å². The van der Waals surface area contributed by atoms with Crippen molar-refractivity contribution >= 4 is 17.9 Å². The van der Waals surface area contributed by atoms with Gasteiger partial charge in [0, 0.05) is 18.2 Å². The van der Waals surface area contributed by atoms with Gasteiger partial charge in [-0.15, -0.1) is 5.10 Å². The number of aromatic amines is 1. The van der Waals surface area contributed by atoms with Gasteiger partial charge in [0.2, 0.25) is 12.1 Å². The molecule has 0 saturated heterocycles. The fourth-order valence-corrected chi connectivity index (χ4v) is 3.50. The highest BCUT2D eigenvalue weighted by Gasteiger charge is 2.35. The van der Waals surface area contributed by atoms with Gasteiger partial charge in [-0.2, -0.15) is 10.1 Å². The molecule has 2 heterocycles. The summed E-state index contributed by atoms with van der Waals surface area (Å²) < 4.78 is 6.08. The van der Waals surface area contributed by atoms with Crippen molar-refractivity contribution < 1.29 is 9.53 Å².